The van der Waals surface area contributed by atoms with Crippen LogP contribution >= 0.6 is 0 Å². The molecule has 1 N–H and O–H groups in total. The Balaban J connectivity index is 2.15. The molecule has 1 aromatic heterocycles. The summed E-state index contributed by atoms with van der Waals surface area (Å²) in [6.45, 7) is 6.26. The van der Waals surface area contributed by atoms with E-state index in [0.717, 1.165) is 17.1 Å². The molecule has 0 saturated heterocycles. The lowest BCUT2D eigenvalue weighted by molar-refractivity contribution is 0.102. The minimum Gasteiger partial charge on any atom is -0.497 e. The lowest BCUT2D eigenvalue weighted by Gasteiger charge is -2.18. The molecule has 110 valence electrons. The Labute approximate surface area is 125 Å². The highest BCUT2D eigenvalue weighted by Crippen LogP contribution is 2.22. The van der Waals surface area contributed by atoms with E-state index in [1.165, 1.54) is 0 Å². The van der Waals surface area contributed by atoms with Crippen molar-refractivity contribution in [2.75, 3.05) is 12.4 Å². The number of hydrogen-bond donors (Lipinski definition) is 1. The standard InChI is InChI=1S/C17H20N2O2/c1-17(2,3)15-11-13(9-10-18-15)19-16(20)12-5-7-14(21-4)8-6-12/h5-11H,1-4H3,(H,18,19,20). The molecule has 0 bridgehead atoms. The van der Waals surface area contributed by atoms with Crippen LogP contribution in [-0.2, 0) is 5.41 Å². The van der Waals surface area contributed by atoms with E-state index >= 15 is 0 Å². The zero-order valence-corrected chi connectivity index (χ0v) is 12.8. The van der Waals surface area contributed by atoms with Gasteiger partial charge in [-0.25, -0.2) is 0 Å². The number of methoxy groups -OCH3 is 1. The number of pyridine rings is 1. The van der Waals surface area contributed by atoms with E-state index in [2.05, 4.69) is 31.1 Å². The van der Waals surface area contributed by atoms with Crippen molar-refractivity contribution in [1.29, 1.82) is 0 Å². The third-order valence-electron chi connectivity index (χ3n) is 3.14. The number of hydrogen-bond acceptors (Lipinski definition) is 3. The van der Waals surface area contributed by atoms with Crippen molar-refractivity contribution in [3.05, 3.63) is 53.9 Å². The Kier molecular flexibility index (Phi) is 4.26. The molecule has 0 aliphatic carbocycles. The highest BCUT2D eigenvalue weighted by atomic mass is 16.5. The lowest BCUT2D eigenvalue weighted by atomic mass is 9.91. The first-order valence-corrected chi connectivity index (χ1v) is 6.82. The third kappa shape index (κ3) is 3.81. The van der Waals surface area contributed by atoms with E-state index < -0.39 is 0 Å². The molecule has 1 aromatic carbocycles. The summed E-state index contributed by atoms with van der Waals surface area (Å²) < 4.78 is 5.08. The molecule has 2 rings (SSSR count). The number of carbonyl (C=O) groups is 1. The maximum Gasteiger partial charge on any atom is 0.255 e. The molecular formula is C17H20N2O2. The average molecular weight is 284 g/mol. The molecule has 0 atom stereocenters. The smallest absolute Gasteiger partial charge is 0.255 e. The molecule has 0 spiro atoms. The van der Waals surface area contributed by atoms with E-state index in [9.17, 15) is 4.79 Å². The van der Waals surface area contributed by atoms with Gasteiger partial charge in [0.2, 0.25) is 0 Å². The van der Waals surface area contributed by atoms with Gasteiger partial charge in [-0.1, -0.05) is 20.8 Å². The fourth-order valence-electron chi connectivity index (χ4n) is 1.86. The maximum absolute atomic E-state index is 12.2. The van der Waals surface area contributed by atoms with E-state index in [-0.39, 0.29) is 11.3 Å². The molecule has 4 nitrogen and oxygen atoms in total. The Bertz CT molecular complexity index is 628. The average Bonchev–Trinajstić information content (AvgIpc) is 2.47. The molecule has 0 fully saturated rings. The number of anilines is 1. The SMILES string of the molecule is COc1ccc(C(=O)Nc2ccnc(C(C)(C)C)c2)cc1. The number of rotatable bonds is 3. The molecule has 0 unspecified atom stereocenters. The van der Waals surface area contributed by atoms with Gasteiger partial charge < -0.3 is 10.1 Å². The van der Waals surface area contributed by atoms with Gasteiger partial charge in [-0.3, -0.25) is 9.78 Å². The summed E-state index contributed by atoms with van der Waals surface area (Å²) in [5.74, 6) is 0.578. The van der Waals surface area contributed by atoms with Crippen LogP contribution in [-0.4, -0.2) is 18.0 Å². The van der Waals surface area contributed by atoms with Gasteiger partial charge in [0.05, 0.1) is 7.11 Å². The minimum absolute atomic E-state index is 0.0547. The molecule has 0 radical (unpaired) electrons. The van der Waals surface area contributed by atoms with Crippen LogP contribution in [0.4, 0.5) is 5.69 Å². The van der Waals surface area contributed by atoms with E-state index in [4.69, 9.17) is 4.74 Å². The zero-order valence-electron chi connectivity index (χ0n) is 12.8. The van der Waals surface area contributed by atoms with Crippen molar-refractivity contribution in [2.24, 2.45) is 0 Å². The fourth-order valence-corrected chi connectivity index (χ4v) is 1.86. The van der Waals surface area contributed by atoms with Gasteiger partial charge in [-0.05, 0) is 36.4 Å². The number of benzene rings is 1. The van der Waals surface area contributed by atoms with Gasteiger partial charge in [-0.2, -0.15) is 0 Å². The summed E-state index contributed by atoms with van der Waals surface area (Å²) in [5.41, 5.74) is 2.22. The molecule has 0 aliphatic rings. The van der Waals surface area contributed by atoms with Crippen LogP contribution in [0, 0.1) is 0 Å². The Morgan fingerprint density at radius 3 is 2.38 bits per heavy atom. The second-order valence-electron chi connectivity index (χ2n) is 5.86. The molecule has 2 aromatic rings. The number of carbonyl (C=O) groups excluding carboxylic acids is 1. The summed E-state index contributed by atoms with van der Waals surface area (Å²) in [4.78, 5) is 16.5. The molecular weight excluding hydrogens is 264 g/mol. The molecule has 1 amide bonds. The molecule has 4 heteroatoms. The number of amides is 1. The summed E-state index contributed by atoms with van der Waals surface area (Å²) in [7, 11) is 1.60. The van der Waals surface area contributed by atoms with Crippen LogP contribution in [0.2, 0.25) is 0 Å². The summed E-state index contributed by atoms with van der Waals surface area (Å²) in [5, 5.41) is 2.89. The van der Waals surface area contributed by atoms with Crippen molar-refractivity contribution in [2.45, 2.75) is 26.2 Å². The van der Waals surface area contributed by atoms with Crippen LogP contribution in [0.3, 0.4) is 0 Å². The quantitative estimate of drug-likeness (QED) is 0.936. The van der Waals surface area contributed by atoms with E-state index in [0.29, 0.717) is 5.56 Å². The van der Waals surface area contributed by atoms with Crippen molar-refractivity contribution >= 4 is 11.6 Å². The fraction of sp³-hybridized carbons (Fsp3) is 0.294. The molecule has 0 saturated carbocycles. The van der Waals surface area contributed by atoms with Gasteiger partial charge >= 0.3 is 0 Å². The first-order valence-electron chi connectivity index (χ1n) is 6.82. The third-order valence-corrected chi connectivity index (χ3v) is 3.14. The Hall–Kier alpha value is -2.36. The van der Waals surface area contributed by atoms with E-state index in [1.807, 2.05) is 6.07 Å². The van der Waals surface area contributed by atoms with Crippen LogP contribution in [0.15, 0.2) is 42.6 Å². The second kappa shape index (κ2) is 5.95. The highest BCUT2D eigenvalue weighted by Gasteiger charge is 2.16. The monoisotopic (exact) mass is 284 g/mol. The van der Waals surface area contributed by atoms with Crippen LogP contribution in [0.5, 0.6) is 5.75 Å². The summed E-state index contributed by atoms with van der Waals surface area (Å²) >= 11 is 0. The Morgan fingerprint density at radius 2 is 1.81 bits per heavy atom. The second-order valence-corrected chi connectivity index (χ2v) is 5.86. The van der Waals surface area contributed by atoms with Gasteiger partial charge in [0.15, 0.2) is 0 Å². The maximum atomic E-state index is 12.2. The van der Waals surface area contributed by atoms with Crippen molar-refractivity contribution in [3.63, 3.8) is 0 Å². The number of ether oxygens (including phenoxy) is 1. The lowest BCUT2D eigenvalue weighted by Crippen LogP contribution is -2.16. The zero-order chi connectivity index (χ0) is 15.5. The van der Waals surface area contributed by atoms with Crippen LogP contribution in [0.25, 0.3) is 0 Å². The minimum atomic E-state index is -0.149. The largest absolute Gasteiger partial charge is 0.497 e. The van der Waals surface area contributed by atoms with E-state index in [1.54, 1.807) is 43.6 Å². The predicted molar refractivity (Wildman–Crippen MR) is 83.9 cm³/mol. The summed E-state index contributed by atoms with van der Waals surface area (Å²) in [6.07, 6.45) is 1.71. The van der Waals surface area contributed by atoms with Crippen molar-refractivity contribution < 1.29 is 9.53 Å². The number of aromatic nitrogens is 1. The molecule has 21 heavy (non-hydrogen) atoms. The first kappa shape index (κ1) is 15.0. The van der Waals surface area contributed by atoms with Crippen molar-refractivity contribution in [3.8, 4) is 5.75 Å². The Morgan fingerprint density at radius 1 is 1.14 bits per heavy atom. The van der Waals surface area contributed by atoms with Gasteiger partial charge in [0, 0.05) is 28.6 Å². The molecule has 0 aliphatic heterocycles. The van der Waals surface area contributed by atoms with Crippen molar-refractivity contribution in [1.82, 2.24) is 4.98 Å². The number of nitrogens with zero attached hydrogens (tertiary/aromatic N) is 1. The first-order chi connectivity index (χ1) is 9.90. The summed E-state index contributed by atoms with van der Waals surface area (Å²) in [6, 6.07) is 10.7. The topological polar surface area (TPSA) is 51.2 Å². The van der Waals surface area contributed by atoms with Gasteiger partial charge in [0.25, 0.3) is 5.91 Å². The predicted octanol–water partition coefficient (Wildman–Crippen LogP) is 3.64. The highest BCUT2D eigenvalue weighted by molar-refractivity contribution is 6.04. The van der Waals surface area contributed by atoms with Crippen LogP contribution < -0.4 is 10.1 Å². The van der Waals surface area contributed by atoms with Gasteiger partial charge in [0.1, 0.15) is 5.75 Å². The number of nitrogens with one attached hydrogen (secondary N) is 1. The molecule has 1 heterocycles. The normalized spacial score (nSPS) is 11.0. The van der Waals surface area contributed by atoms with Crippen LogP contribution in [0.1, 0.15) is 36.8 Å². The van der Waals surface area contributed by atoms with Gasteiger partial charge in [-0.15, -0.1) is 0 Å².